The van der Waals surface area contributed by atoms with Crippen molar-refractivity contribution < 1.29 is 13.6 Å². The van der Waals surface area contributed by atoms with Crippen LogP contribution in [0.2, 0.25) is 0 Å². The maximum atomic E-state index is 13.3. The van der Waals surface area contributed by atoms with E-state index in [-0.39, 0.29) is 33.9 Å². The Bertz CT molecular complexity index is 885. The summed E-state index contributed by atoms with van der Waals surface area (Å²) < 4.78 is 26.7. The van der Waals surface area contributed by atoms with E-state index in [1.807, 2.05) is 6.19 Å². The molecule has 1 saturated carbocycles. The summed E-state index contributed by atoms with van der Waals surface area (Å²) in [5, 5.41) is 12.5. The minimum atomic E-state index is -1.04. The third kappa shape index (κ3) is 3.37. The normalized spacial score (nSPS) is 17.9. The molecule has 0 spiro atoms. The number of nitriles is 1. The standard InChI is InChI=1S/C17H17F2N5OS/c1-9-14(15(25)21-11-4-5-17(11,2)3)23-16(26-9)24(8-20)10-6-12(18)22-13(19)7-10/h6-7,11H,4-5H2,1-3H3,(H,21,25). The highest BCUT2D eigenvalue weighted by molar-refractivity contribution is 7.16. The number of aromatic nitrogens is 2. The van der Waals surface area contributed by atoms with E-state index in [1.54, 1.807) is 6.92 Å². The lowest BCUT2D eigenvalue weighted by atomic mass is 9.67. The predicted molar refractivity (Wildman–Crippen MR) is 93.0 cm³/mol. The first-order valence-corrected chi connectivity index (χ1v) is 8.84. The van der Waals surface area contributed by atoms with Gasteiger partial charge in [0.15, 0.2) is 6.19 Å². The van der Waals surface area contributed by atoms with Crippen molar-refractivity contribution in [2.75, 3.05) is 4.90 Å². The Hall–Kier alpha value is -2.60. The number of carbonyl (C=O) groups is 1. The number of anilines is 2. The molecule has 0 aliphatic heterocycles. The molecule has 2 aromatic rings. The molecule has 1 unspecified atom stereocenters. The van der Waals surface area contributed by atoms with Crippen LogP contribution in [0, 0.1) is 35.7 Å². The number of hydrogen-bond donors (Lipinski definition) is 1. The number of nitrogens with one attached hydrogen (secondary N) is 1. The van der Waals surface area contributed by atoms with Gasteiger partial charge in [0.05, 0.1) is 5.69 Å². The molecule has 136 valence electrons. The quantitative estimate of drug-likeness (QED) is 0.499. The second-order valence-corrected chi connectivity index (χ2v) is 8.04. The lowest BCUT2D eigenvalue weighted by molar-refractivity contribution is 0.0728. The van der Waals surface area contributed by atoms with Crippen molar-refractivity contribution in [3.8, 4) is 6.19 Å². The van der Waals surface area contributed by atoms with Crippen LogP contribution in [-0.2, 0) is 0 Å². The highest BCUT2D eigenvalue weighted by Gasteiger charge is 2.39. The molecule has 9 heteroatoms. The Morgan fingerprint density at radius 1 is 1.38 bits per heavy atom. The topological polar surface area (TPSA) is 81.9 Å². The van der Waals surface area contributed by atoms with Crippen LogP contribution in [0.3, 0.4) is 0 Å². The fourth-order valence-corrected chi connectivity index (χ4v) is 3.72. The van der Waals surface area contributed by atoms with Gasteiger partial charge in [0, 0.05) is 23.1 Å². The number of amides is 1. The maximum Gasteiger partial charge on any atom is 0.271 e. The molecule has 1 amide bonds. The smallest absolute Gasteiger partial charge is 0.271 e. The van der Waals surface area contributed by atoms with Gasteiger partial charge in [-0.2, -0.15) is 19.0 Å². The molecule has 1 aliphatic carbocycles. The van der Waals surface area contributed by atoms with Crippen molar-refractivity contribution in [2.45, 2.75) is 39.7 Å². The number of hydrogen-bond acceptors (Lipinski definition) is 6. The average Bonchev–Trinajstić information content (AvgIpc) is 2.93. The Kier molecular flexibility index (Phi) is 4.63. The first-order chi connectivity index (χ1) is 12.2. The van der Waals surface area contributed by atoms with E-state index in [4.69, 9.17) is 0 Å². The van der Waals surface area contributed by atoms with E-state index < -0.39 is 11.9 Å². The molecule has 1 aliphatic rings. The van der Waals surface area contributed by atoms with Crippen LogP contribution in [0.25, 0.3) is 0 Å². The molecule has 6 nitrogen and oxygen atoms in total. The number of carbonyl (C=O) groups excluding carboxylic acids is 1. The van der Waals surface area contributed by atoms with Gasteiger partial charge in [0.25, 0.3) is 5.91 Å². The summed E-state index contributed by atoms with van der Waals surface area (Å²) in [6.07, 6.45) is 3.79. The molecule has 3 rings (SSSR count). The zero-order chi connectivity index (χ0) is 19.1. The first kappa shape index (κ1) is 18.2. The van der Waals surface area contributed by atoms with Crippen LogP contribution in [0.15, 0.2) is 12.1 Å². The van der Waals surface area contributed by atoms with Gasteiger partial charge < -0.3 is 5.32 Å². The molecule has 1 fully saturated rings. The number of nitrogens with zero attached hydrogens (tertiary/aromatic N) is 4. The minimum Gasteiger partial charge on any atom is -0.347 e. The fraction of sp³-hybridized carbons (Fsp3) is 0.412. The van der Waals surface area contributed by atoms with Crippen LogP contribution < -0.4 is 10.2 Å². The second kappa shape index (κ2) is 6.61. The van der Waals surface area contributed by atoms with Crippen LogP contribution in [0.5, 0.6) is 0 Å². The first-order valence-electron chi connectivity index (χ1n) is 8.02. The van der Waals surface area contributed by atoms with Crippen molar-refractivity contribution in [1.82, 2.24) is 15.3 Å². The van der Waals surface area contributed by atoms with Gasteiger partial charge in [-0.1, -0.05) is 13.8 Å². The molecule has 0 saturated heterocycles. The largest absolute Gasteiger partial charge is 0.347 e. The van der Waals surface area contributed by atoms with Crippen molar-refractivity contribution in [3.05, 3.63) is 34.6 Å². The summed E-state index contributed by atoms with van der Waals surface area (Å²) in [6.45, 7) is 5.89. The highest BCUT2D eigenvalue weighted by Crippen LogP contribution is 2.40. The van der Waals surface area contributed by atoms with Gasteiger partial charge in [-0.25, -0.2) is 9.88 Å². The van der Waals surface area contributed by atoms with Crippen LogP contribution in [0.4, 0.5) is 19.6 Å². The van der Waals surface area contributed by atoms with Gasteiger partial charge in [0.2, 0.25) is 17.0 Å². The lowest BCUT2D eigenvalue weighted by Crippen LogP contribution is -2.52. The summed E-state index contributed by atoms with van der Waals surface area (Å²) in [6, 6.07) is 1.94. The summed E-state index contributed by atoms with van der Waals surface area (Å²) in [4.78, 5) is 21.3. The number of rotatable bonds is 4. The zero-order valence-corrected chi connectivity index (χ0v) is 15.3. The predicted octanol–water partition coefficient (Wildman–Crippen LogP) is 3.66. The number of pyridine rings is 1. The van der Waals surface area contributed by atoms with E-state index >= 15 is 0 Å². The molecule has 1 N–H and O–H groups in total. The molecule has 2 heterocycles. The lowest BCUT2D eigenvalue weighted by Gasteiger charge is -2.44. The monoisotopic (exact) mass is 377 g/mol. The third-order valence-electron chi connectivity index (χ3n) is 4.62. The molecule has 0 bridgehead atoms. The van der Waals surface area contributed by atoms with E-state index in [9.17, 15) is 18.8 Å². The highest BCUT2D eigenvalue weighted by atomic mass is 32.1. The van der Waals surface area contributed by atoms with Gasteiger partial charge >= 0.3 is 0 Å². The SMILES string of the molecule is Cc1sc(N(C#N)c2cc(F)nc(F)c2)nc1C(=O)NC1CCC1(C)C. The Morgan fingerprint density at radius 2 is 2.04 bits per heavy atom. The minimum absolute atomic E-state index is 0.0432. The second-order valence-electron chi connectivity index (χ2n) is 6.86. The molecule has 0 radical (unpaired) electrons. The molecule has 2 aromatic heterocycles. The van der Waals surface area contributed by atoms with Crippen LogP contribution in [0.1, 0.15) is 42.1 Å². The Balaban J connectivity index is 1.86. The van der Waals surface area contributed by atoms with Crippen LogP contribution in [-0.4, -0.2) is 21.9 Å². The van der Waals surface area contributed by atoms with E-state index in [2.05, 4.69) is 29.1 Å². The Labute approximate surface area is 153 Å². The van der Waals surface area contributed by atoms with Crippen LogP contribution >= 0.6 is 11.3 Å². The molecular weight excluding hydrogens is 360 g/mol. The van der Waals surface area contributed by atoms with Crippen molar-refractivity contribution in [3.63, 3.8) is 0 Å². The third-order valence-corrected chi connectivity index (χ3v) is 5.58. The summed E-state index contributed by atoms with van der Waals surface area (Å²) in [7, 11) is 0. The number of aryl methyl sites for hydroxylation is 1. The molecular formula is C17H17F2N5OS. The molecule has 26 heavy (non-hydrogen) atoms. The average molecular weight is 377 g/mol. The zero-order valence-electron chi connectivity index (χ0n) is 14.5. The van der Waals surface area contributed by atoms with E-state index in [0.29, 0.717) is 4.88 Å². The Morgan fingerprint density at radius 3 is 2.54 bits per heavy atom. The van der Waals surface area contributed by atoms with Crippen molar-refractivity contribution in [1.29, 1.82) is 5.26 Å². The number of thiazole rings is 1. The fourth-order valence-electron chi connectivity index (χ4n) is 2.84. The number of halogens is 2. The van der Waals surface area contributed by atoms with Gasteiger partial charge in [-0.05, 0) is 25.2 Å². The molecule has 1 atom stereocenters. The van der Waals surface area contributed by atoms with E-state index in [0.717, 1.165) is 41.2 Å². The maximum absolute atomic E-state index is 13.3. The van der Waals surface area contributed by atoms with Crippen molar-refractivity contribution >= 4 is 28.1 Å². The summed E-state index contributed by atoms with van der Waals surface area (Å²) in [5.74, 6) is -2.40. The van der Waals surface area contributed by atoms with Gasteiger partial charge in [-0.15, -0.1) is 11.3 Å². The van der Waals surface area contributed by atoms with Crippen molar-refractivity contribution in [2.24, 2.45) is 5.41 Å². The summed E-state index contributed by atoms with van der Waals surface area (Å²) >= 11 is 1.10. The molecule has 0 aromatic carbocycles. The van der Waals surface area contributed by atoms with E-state index in [1.165, 1.54) is 0 Å². The van der Waals surface area contributed by atoms with Gasteiger partial charge in [0.1, 0.15) is 5.69 Å². The van der Waals surface area contributed by atoms with Gasteiger partial charge in [-0.3, -0.25) is 4.79 Å². The summed E-state index contributed by atoms with van der Waals surface area (Å²) in [5.41, 5.74) is 0.217.